The van der Waals surface area contributed by atoms with Crippen LogP contribution in [-0.4, -0.2) is 23.5 Å². The first-order valence-corrected chi connectivity index (χ1v) is 8.15. The van der Waals surface area contributed by atoms with Crippen molar-refractivity contribution in [3.05, 3.63) is 35.3 Å². The Hall–Kier alpha value is -1.88. The van der Waals surface area contributed by atoms with Crippen molar-refractivity contribution in [3.63, 3.8) is 0 Å². The van der Waals surface area contributed by atoms with E-state index in [4.69, 9.17) is 4.74 Å². The average molecular weight is 318 g/mol. The first kappa shape index (κ1) is 16.5. The maximum absolute atomic E-state index is 11.8. The topological polar surface area (TPSA) is 51.2 Å². The fraction of sp³-hybridized carbons (Fsp3) is 0.412. The molecule has 1 aromatic heterocycles. The van der Waals surface area contributed by atoms with Crippen molar-refractivity contribution in [3.8, 4) is 16.3 Å². The molecule has 2 aromatic rings. The zero-order valence-corrected chi connectivity index (χ0v) is 14.3. The Labute approximate surface area is 135 Å². The lowest BCUT2D eigenvalue weighted by molar-refractivity contribution is -0.122. The number of thiazole rings is 1. The van der Waals surface area contributed by atoms with Gasteiger partial charge in [0.05, 0.1) is 12.8 Å². The summed E-state index contributed by atoms with van der Waals surface area (Å²) in [6.07, 6.45) is 1.11. The van der Waals surface area contributed by atoms with Gasteiger partial charge < -0.3 is 10.1 Å². The summed E-state index contributed by atoms with van der Waals surface area (Å²) in [5, 5.41) is 5.93. The summed E-state index contributed by atoms with van der Waals surface area (Å²) in [6, 6.07) is 7.84. The van der Waals surface area contributed by atoms with Crippen LogP contribution in [-0.2, 0) is 11.2 Å². The molecule has 0 radical (unpaired) electrons. The molecule has 0 spiro atoms. The van der Waals surface area contributed by atoms with Gasteiger partial charge in [0.2, 0.25) is 5.91 Å². The number of hydrogen-bond donors (Lipinski definition) is 1. The third-order valence-corrected chi connectivity index (χ3v) is 3.93. The van der Waals surface area contributed by atoms with Gasteiger partial charge in [-0.25, -0.2) is 4.98 Å². The number of aryl methyl sites for hydroxylation is 1. The number of carbonyl (C=O) groups excluding carboxylic acids is 1. The standard InChI is InChI=1S/C17H22N2O2S/c1-17(2,3)19-15(20)9-8-13-11-22-16(18-13)12-6-5-7-14(10-12)21-4/h5-7,10-11H,8-9H2,1-4H3,(H,19,20). The van der Waals surface area contributed by atoms with E-state index in [-0.39, 0.29) is 11.4 Å². The van der Waals surface area contributed by atoms with E-state index in [2.05, 4.69) is 10.3 Å². The highest BCUT2D eigenvalue weighted by atomic mass is 32.1. The fourth-order valence-corrected chi connectivity index (χ4v) is 2.88. The van der Waals surface area contributed by atoms with E-state index in [1.54, 1.807) is 18.4 Å². The Kier molecular flexibility index (Phi) is 5.19. The minimum absolute atomic E-state index is 0.0587. The van der Waals surface area contributed by atoms with Crippen LogP contribution in [0.3, 0.4) is 0 Å². The highest BCUT2D eigenvalue weighted by Gasteiger charge is 2.14. The third kappa shape index (κ3) is 4.84. The number of carbonyl (C=O) groups is 1. The average Bonchev–Trinajstić information content (AvgIpc) is 2.92. The largest absolute Gasteiger partial charge is 0.497 e. The molecule has 0 unspecified atom stereocenters. The summed E-state index contributed by atoms with van der Waals surface area (Å²) in [4.78, 5) is 16.4. The molecule has 0 atom stereocenters. The van der Waals surface area contributed by atoms with E-state index in [9.17, 15) is 4.79 Å². The lowest BCUT2D eigenvalue weighted by Crippen LogP contribution is -2.40. The Balaban J connectivity index is 1.98. The van der Waals surface area contributed by atoms with Crippen LogP contribution in [0, 0.1) is 0 Å². The van der Waals surface area contributed by atoms with Crippen molar-refractivity contribution in [1.82, 2.24) is 10.3 Å². The van der Waals surface area contributed by atoms with Gasteiger partial charge in [-0.15, -0.1) is 11.3 Å². The van der Waals surface area contributed by atoms with Crippen LogP contribution in [0.1, 0.15) is 32.9 Å². The van der Waals surface area contributed by atoms with Crippen molar-refractivity contribution in [1.29, 1.82) is 0 Å². The number of aromatic nitrogens is 1. The molecular weight excluding hydrogens is 296 g/mol. The minimum Gasteiger partial charge on any atom is -0.497 e. The second kappa shape index (κ2) is 6.92. The Morgan fingerprint density at radius 1 is 1.36 bits per heavy atom. The maximum atomic E-state index is 11.8. The lowest BCUT2D eigenvalue weighted by Gasteiger charge is -2.20. The van der Waals surface area contributed by atoms with E-state index in [0.29, 0.717) is 12.8 Å². The summed E-state index contributed by atoms with van der Waals surface area (Å²) in [7, 11) is 1.65. The van der Waals surface area contributed by atoms with Crippen molar-refractivity contribution in [2.45, 2.75) is 39.2 Å². The molecule has 0 fully saturated rings. The van der Waals surface area contributed by atoms with Gasteiger partial charge in [-0.05, 0) is 39.3 Å². The molecule has 0 saturated carbocycles. The second-order valence-electron chi connectivity index (χ2n) is 6.17. The minimum atomic E-state index is -0.190. The van der Waals surface area contributed by atoms with Gasteiger partial charge in [-0.3, -0.25) is 4.79 Å². The van der Waals surface area contributed by atoms with Gasteiger partial charge in [-0.1, -0.05) is 12.1 Å². The van der Waals surface area contributed by atoms with E-state index in [1.165, 1.54) is 0 Å². The molecular formula is C17H22N2O2S. The normalized spacial score (nSPS) is 11.3. The van der Waals surface area contributed by atoms with Gasteiger partial charge in [0.25, 0.3) is 0 Å². The van der Waals surface area contributed by atoms with Gasteiger partial charge in [0.1, 0.15) is 10.8 Å². The van der Waals surface area contributed by atoms with E-state index in [0.717, 1.165) is 22.0 Å². The lowest BCUT2D eigenvalue weighted by atomic mass is 10.1. The van der Waals surface area contributed by atoms with E-state index in [1.807, 2.05) is 50.4 Å². The van der Waals surface area contributed by atoms with Gasteiger partial charge in [-0.2, -0.15) is 0 Å². The molecule has 118 valence electrons. The van der Waals surface area contributed by atoms with Crippen molar-refractivity contribution >= 4 is 17.2 Å². The quantitative estimate of drug-likeness (QED) is 0.915. The summed E-state index contributed by atoms with van der Waals surface area (Å²) < 4.78 is 5.23. The van der Waals surface area contributed by atoms with Crippen molar-refractivity contribution < 1.29 is 9.53 Å². The fourth-order valence-electron chi connectivity index (χ4n) is 2.03. The summed E-state index contributed by atoms with van der Waals surface area (Å²) >= 11 is 1.59. The van der Waals surface area contributed by atoms with Crippen LogP contribution >= 0.6 is 11.3 Å². The second-order valence-corrected chi connectivity index (χ2v) is 7.03. The van der Waals surface area contributed by atoms with Crippen LogP contribution in [0.4, 0.5) is 0 Å². The molecule has 1 heterocycles. The van der Waals surface area contributed by atoms with Gasteiger partial charge in [0.15, 0.2) is 0 Å². The molecule has 0 aliphatic carbocycles. The SMILES string of the molecule is COc1cccc(-c2nc(CCC(=O)NC(C)(C)C)cs2)c1. The number of benzene rings is 1. The molecule has 0 bridgehead atoms. The van der Waals surface area contributed by atoms with Crippen LogP contribution in [0.5, 0.6) is 5.75 Å². The highest BCUT2D eigenvalue weighted by Crippen LogP contribution is 2.27. The Morgan fingerprint density at radius 3 is 2.82 bits per heavy atom. The zero-order chi connectivity index (χ0) is 16.2. The van der Waals surface area contributed by atoms with Crippen LogP contribution in [0.15, 0.2) is 29.6 Å². The predicted molar refractivity (Wildman–Crippen MR) is 90.3 cm³/mol. The number of hydrogen-bond acceptors (Lipinski definition) is 4. The molecule has 1 amide bonds. The molecule has 4 nitrogen and oxygen atoms in total. The van der Waals surface area contributed by atoms with E-state index < -0.39 is 0 Å². The number of amides is 1. The molecule has 5 heteroatoms. The molecule has 0 aliphatic heterocycles. The van der Waals surface area contributed by atoms with Gasteiger partial charge in [0, 0.05) is 22.9 Å². The number of methoxy groups -OCH3 is 1. The molecule has 0 saturated heterocycles. The highest BCUT2D eigenvalue weighted by molar-refractivity contribution is 7.13. The smallest absolute Gasteiger partial charge is 0.220 e. The molecule has 2 rings (SSSR count). The summed E-state index contributed by atoms with van der Waals surface area (Å²) in [5.74, 6) is 0.877. The first-order chi connectivity index (χ1) is 10.4. The number of nitrogens with one attached hydrogen (secondary N) is 1. The van der Waals surface area contributed by atoms with Crippen LogP contribution in [0.25, 0.3) is 10.6 Å². The van der Waals surface area contributed by atoms with Crippen molar-refractivity contribution in [2.75, 3.05) is 7.11 Å². The Bertz CT molecular complexity index is 644. The van der Waals surface area contributed by atoms with Crippen molar-refractivity contribution in [2.24, 2.45) is 0 Å². The van der Waals surface area contributed by atoms with E-state index >= 15 is 0 Å². The number of ether oxygens (including phenoxy) is 1. The molecule has 1 aromatic carbocycles. The Morgan fingerprint density at radius 2 is 2.14 bits per heavy atom. The molecule has 1 N–H and O–H groups in total. The zero-order valence-electron chi connectivity index (χ0n) is 13.5. The molecule has 0 aliphatic rings. The third-order valence-electron chi connectivity index (χ3n) is 2.99. The van der Waals surface area contributed by atoms with Gasteiger partial charge >= 0.3 is 0 Å². The number of rotatable bonds is 5. The maximum Gasteiger partial charge on any atom is 0.220 e. The summed E-state index contributed by atoms with van der Waals surface area (Å²) in [6.45, 7) is 5.94. The van der Waals surface area contributed by atoms with Crippen LogP contribution in [0.2, 0.25) is 0 Å². The first-order valence-electron chi connectivity index (χ1n) is 7.27. The molecule has 22 heavy (non-hydrogen) atoms. The number of nitrogens with zero attached hydrogens (tertiary/aromatic N) is 1. The van der Waals surface area contributed by atoms with Crippen LogP contribution < -0.4 is 10.1 Å². The summed E-state index contributed by atoms with van der Waals surface area (Å²) in [5.41, 5.74) is 1.80. The monoisotopic (exact) mass is 318 g/mol. The predicted octanol–water partition coefficient (Wildman–Crippen LogP) is 3.67.